The zero-order valence-electron chi connectivity index (χ0n) is 12.4. The predicted octanol–water partition coefficient (Wildman–Crippen LogP) is 3.43. The number of nitrogens with zero attached hydrogens (tertiary/aromatic N) is 1. The van der Waals surface area contributed by atoms with Crippen molar-refractivity contribution in [3.8, 4) is 0 Å². The Morgan fingerprint density at radius 1 is 1.16 bits per heavy atom. The maximum Gasteiger partial charge on any atom is 0.0234 e. The van der Waals surface area contributed by atoms with Gasteiger partial charge in [-0.05, 0) is 32.4 Å². The molecule has 1 aromatic carbocycles. The molecule has 1 aliphatic rings. The van der Waals surface area contributed by atoms with Gasteiger partial charge in [-0.15, -0.1) is 0 Å². The third-order valence-corrected chi connectivity index (χ3v) is 4.33. The Kier molecular flexibility index (Phi) is 5.87. The normalized spacial score (nSPS) is 18.7. The van der Waals surface area contributed by atoms with Crippen LogP contribution in [-0.2, 0) is 6.54 Å². The molecule has 0 spiro atoms. The molecule has 106 valence electrons. The fourth-order valence-electron chi connectivity index (χ4n) is 2.83. The van der Waals surface area contributed by atoms with Gasteiger partial charge in [0.05, 0.1) is 0 Å². The van der Waals surface area contributed by atoms with Gasteiger partial charge in [0.1, 0.15) is 0 Å². The summed E-state index contributed by atoms with van der Waals surface area (Å²) in [6.45, 7) is 4.46. The molecular formula is C17H28N2. The van der Waals surface area contributed by atoms with Crippen molar-refractivity contribution in [1.29, 1.82) is 0 Å². The van der Waals surface area contributed by atoms with Crippen LogP contribution in [0.1, 0.15) is 44.6 Å². The summed E-state index contributed by atoms with van der Waals surface area (Å²) >= 11 is 0. The zero-order valence-corrected chi connectivity index (χ0v) is 12.4. The maximum absolute atomic E-state index is 3.75. The summed E-state index contributed by atoms with van der Waals surface area (Å²) in [6.07, 6.45) is 6.99. The number of nitrogens with one attached hydrogen (secondary N) is 1. The van der Waals surface area contributed by atoms with Gasteiger partial charge in [0.2, 0.25) is 0 Å². The predicted molar refractivity (Wildman–Crippen MR) is 82.2 cm³/mol. The fourth-order valence-corrected chi connectivity index (χ4v) is 2.83. The van der Waals surface area contributed by atoms with E-state index in [2.05, 4.69) is 54.5 Å². The van der Waals surface area contributed by atoms with Gasteiger partial charge >= 0.3 is 0 Å². The van der Waals surface area contributed by atoms with E-state index in [-0.39, 0.29) is 0 Å². The van der Waals surface area contributed by atoms with Gasteiger partial charge in [0, 0.05) is 25.2 Å². The molecule has 0 saturated heterocycles. The highest BCUT2D eigenvalue weighted by Gasteiger charge is 2.15. The molecule has 1 N–H and O–H groups in total. The van der Waals surface area contributed by atoms with Gasteiger partial charge in [0.25, 0.3) is 0 Å². The highest BCUT2D eigenvalue weighted by atomic mass is 15.1. The zero-order chi connectivity index (χ0) is 13.5. The molecule has 0 aromatic heterocycles. The minimum atomic E-state index is 0.585. The molecule has 1 aliphatic carbocycles. The third kappa shape index (κ3) is 4.96. The van der Waals surface area contributed by atoms with Crippen LogP contribution in [0, 0.1) is 0 Å². The van der Waals surface area contributed by atoms with Crippen molar-refractivity contribution in [2.75, 3.05) is 13.6 Å². The minimum Gasteiger partial charge on any atom is -0.312 e. The lowest BCUT2D eigenvalue weighted by Gasteiger charge is -2.29. The molecule has 1 atom stereocenters. The molecule has 0 radical (unpaired) electrons. The second-order valence-corrected chi connectivity index (χ2v) is 5.99. The number of likely N-dealkylation sites (N-methyl/N-ethyl adjacent to an activating group) is 1. The molecule has 1 unspecified atom stereocenters. The van der Waals surface area contributed by atoms with Gasteiger partial charge < -0.3 is 5.32 Å². The summed E-state index contributed by atoms with van der Waals surface area (Å²) in [5, 5.41) is 3.75. The molecule has 19 heavy (non-hydrogen) atoms. The highest BCUT2D eigenvalue weighted by molar-refractivity contribution is 5.14. The first-order valence-electron chi connectivity index (χ1n) is 7.73. The van der Waals surface area contributed by atoms with Crippen molar-refractivity contribution in [3.63, 3.8) is 0 Å². The molecule has 0 heterocycles. The summed E-state index contributed by atoms with van der Waals surface area (Å²) in [6, 6.07) is 12.1. The summed E-state index contributed by atoms with van der Waals surface area (Å²) in [7, 11) is 2.22. The van der Waals surface area contributed by atoms with Gasteiger partial charge in [-0.25, -0.2) is 0 Å². The summed E-state index contributed by atoms with van der Waals surface area (Å²) in [5.74, 6) is 0. The largest absolute Gasteiger partial charge is 0.312 e. The first kappa shape index (κ1) is 14.5. The van der Waals surface area contributed by atoms with Crippen LogP contribution >= 0.6 is 0 Å². The molecule has 2 nitrogen and oxygen atoms in total. The Morgan fingerprint density at radius 2 is 1.84 bits per heavy atom. The van der Waals surface area contributed by atoms with Gasteiger partial charge in [-0.3, -0.25) is 4.90 Å². The van der Waals surface area contributed by atoms with Gasteiger partial charge in [-0.1, -0.05) is 49.6 Å². The van der Waals surface area contributed by atoms with E-state index >= 15 is 0 Å². The number of hydrogen-bond donors (Lipinski definition) is 1. The van der Waals surface area contributed by atoms with Crippen LogP contribution in [0.4, 0.5) is 0 Å². The SMILES string of the molecule is CC(CNC1CCCCC1)N(C)Cc1ccccc1. The molecule has 0 amide bonds. The lowest BCUT2D eigenvalue weighted by molar-refractivity contribution is 0.230. The van der Waals surface area contributed by atoms with Crippen LogP contribution in [0.25, 0.3) is 0 Å². The van der Waals surface area contributed by atoms with E-state index in [1.54, 1.807) is 0 Å². The van der Waals surface area contributed by atoms with E-state index < -0.39 is 0 Å². The van der Waals surface area contributed by atoms with Crippen molar-refractivity contribution in [2.45, 2.75) is 57.7 Å². The number of benzene rings is 1. The minimum absolute atomic E-state index is 0.585. The van der Waals surface area contributed by atoms with Gasteiger partial charge in [0.15, 0.2) is 0 Å². The van der Waals surface area contributed by atoms with Crippen LogP contribution in [0.15, 0.2) is 30.3 Å². The molecule has 1 aromatic rings. The van der Waals surface area contributed by atoms with E-state index in [0.717, 1.165) is 19.1 Å². The van der Waals surface area contributed by atoms with Crippen molar-refractivity contribution < 1.29 is 0 Å². The average Bonchev–Trinajstić information content (AvgIpc) is 2.47. The standard InChI is InChI=1S/C17H28N2/c1-15(13-18-17-11-7-4-8-12-17)19(2)14-16-9-5-3-6-10-16/h3,5-6,9-10,15,17-18H,4,7-8,11-14H2,1-2H3. The van der Waals surface area contributed by atoms with Crippen LogP contribution in [-0.4, -0.2) is 30.6 Å². The monoisotopic (exact) mass is 260 g/mol. The van der Waals surface area contributed by atoms with E-state index in [1.807, 2.05) is 0 Å². The van der Waals surface area contributed by atoms with E-state index in [9.17, 15) is 0 Å². The Balaban J connectivity index is 1.71. The molecular weight excluding hydrogens is 232 g/mol. The molecule has 0 aliphatic heterocycles. The second kappa shape index (κ2) is 7.66. The van der Waals surface area contributed by atoms with Gasteiger partial charge in [-0.2, -0.15) is 0 Å². The molecule has 2 heteroatoms. The fraction of sp³-hybridized carbons (Fsp3) is 0.647. The number of hydrogen-bond acceptors (Lipinski definition) is 2. The van der Waals surface area contributed by atoms with Crippen molar-refractivity contribution in [2.24, 2.45) is 0 Å². The summed E-state index contributed by atoms with van der Waals surface area (Å²) < 4.78 is 0. The van der Waals surface area contributed by atoms with Crippen molar-refractivity contribution in [1.82, 2.24) is 10.2 Å². The first-order chi connectivity index (χ1) is 9.25. The first-order valence-corrected chi connectivity index (χ1v) is 7.73. The van der Waals surface area contributed by atoms with Crippen molar-refractivity contribution >= 4 is 0 Å². The lowest BCUT2D eigenvalue weighted by atomic mass is 9.95. The van der Waals surface area contributed by atoms with E-state index in [4.69, 9.17) is 0 Å². The van der Waals surface area contributed by atoms with Crippen LogP contribution in [0.2, 0.25) is 0 Å². The summed E-state index contributed by atoms with van der Waals surface area (Å²) in [5.41, 5.74) is 1.40. The van der Waals surface area contributed by atoms with E-state index in [1.165, 1.54) is 37.7 Å². The highest BCUT2D eigenvalue weighted by Crippen LogP contribution is 2.17. The van der Waals surface area contributed by atoms with Crippen LogP contribution in [0.5, 0.6) is 0 Å². The van der Waals surface area contributed by atoms with Crippen LogP contribution < -0.4 is 5.32 Å². The lowest BCUT2D eigenvalue weighted by Crippen LogP contribution is -2.42. The number of rotatable bonds is 6. The molecule has 0 bridgehead atoms. The second-order valence-electron chi connectivity index (χ2n) is 5.99. The third-order valence-electron chi connectivity index (χ3n) is 4.33. The topological polar surface area (TPSA) is 15.3 Å². The summed E-state index contributed by atoms with van der Waals surface area (Å²) in [4.78, 5) is 2.44. The average molecular weight is 260 g/mol. The quantitative estimate of drug-likeness (QED) is 0.843. The maximum atomic E-state index is 3.75. The van der Waals surface area contributed by atoms with Crippen LogP contribution in [0.3, 0.4) is 0 Å². The Labute approximate surface area is 118 Å². The Hall–Kier alpha value is -0.860. The Morgan fingerprint density at radius 3 is 2.53 bits per heavy atom. The Bertz CT molecular complexity index is 344. The molecule has 1 saturated carbocycles. The molecule has 2 rings (SSSR count). The molecule has 1 fully saturated rings. The van der Waals surface area contributed by atoms with Crippen molar-refractivity contribution in [3.05, 3.63) is 35.9 Å². The van der Waals surface area contributed by atoms with E-state index in [0.29, 0.717) is 6.04 Å². The smallest absolute Gasteiger partial charge is 0.0234 e.